The summed E-state index contributed by atoms with van der Waals surface area (Å²) < 4.78 is 0. The maximum atomic E-state index is 3.80. The van der Waals surface area contributed by atoms with Crippen molar-refractivity contribution < 1.29 is 0 Å². The van der Waals surface area contributed by atoms with E-state index < -0.39 is 0 Å². The fraction of sp³-hybridized carbons (Fsp3) is 1.00. The molecular formula is C14H28N2. The molecule has 1 unspecified atom stereocenters. The van der Waals surface area contributed by atoms with Gasteiger partial charge in [-0.3, -0.25) is 0 Å². The van der Waals surface area contributed by atoms with Crippen molar-refractivity contribution in [2.24, 2.45) is 5.92 Å². The fourth-order valence-electron chi connectivity index (χ4n) is 2.87. The molecule has 0 amide bonds. The summed E-state index contributed by atoms with van der Waals surface area (Å²) in [5, 5.41) is 3.80. The van der Waals surface area contributed by atoms with Crippen LogP contribution < -0.4 is 5.32 Å². The van der Waals surface area contributed by atoms with E-state index in [-0.39, 0.29) is 0 Å². The summed E-state index contributed by atoms with van der Waals surface area (Å²) >= 11 is 0. The van der Waals surface area contributed by atoms with Crippen molar-refractivity contribution in [3.8, 4) is 0 Å². The normalized spacial score (nSPS) is 29.1. The molecule has 0 aromatic rings. The standard InChI is InChI=1S/C14H28N2/c1-12(2)16-9-4-7-14(8-10-16)15-11-13-5-3-6-13/h12-15H,3-11H2,1-2H3. The molecule has 1 atom stereocenters. The van der Waals surface area contributed by atoms with Crippen LogP contribution in [-0.2, 0) is 0 Å². The molecule has 0 aromatic heterocycles. The van der Waals surface area contributed by atoms with E-state index >= 15 is 0 Å². The van der Waals surface area contributed by atoms with Gasteiger partial charge in [0.25, 0.3) is 0 Å². The summed E-state index contributed by atoms with van der Waals surface area (Å²) in [4.78, 5) is 2.63. The molecule has 1 N–H and O–H groups in total. The van der Waals surface area contributed by atoms with E-state index in [1.54, 1.807) is 0 Å². The molecule has 0 radical (unpaired) electrons. The molecule has 1 aliphatic heterocycles. The van der Waals surface area contributed by atoms with E-state index in [4.69, 9.17) is 0 Å². The van der Waals surface area contributed by atoms with Gasteiger partial charge >= 0.3 is 0 Å². The monoisotopic (exact) mass is 224 g/mol. The van der Waals surface area contributed by atoms with Gasteiger partial charge in [0, 0.05) is 12.1 Å². The molecule has 0 aromatic carbocycles. The largest absolute Gasteiger partial charge is 0.314 e. The van der Waals surface area contributed by atoms with Gasteiger partial charge < -0.3 is 10.2 Å². The highest BCUT2D eigenvalue weighted by Gasteiger charge is 2.21. The van der Waals surface area contributed by atoms with Crippen LogP contribution in [-0.4, -0.2) is 36.6 Å². The van der Waals surface area contributed by atoms with Gasteiger partial charge in [0.1, 0.15) is 0 Å². The van der Waals surface area contributed by atoms with Crippen molar-refractivity contribution in [2.75, 3.05) is 19.6 Å². The Morgan fingerprint density at radius 1 is 1.06 bits per heavy atom. The quantitative estimate of drug-likeness (QED) is 0.790. The Labute approximate surface area is 101 Å². The van der Waals surface area contributed by atoms with Crippen LogP contribution in [0.1, 0.15) is 52.4 Å². The molecule has 2 nitrogen and oxygen atoms in total. The summed E-state index contributed by atoms with van der Waals surface area (Å²) in [7, 11) is 0. The number of nitrogens with zero attached hydrogens (tertiary/aromatic N) is 1. The number of rotatable bonds is 4. The first kappa shape index (κ1) is 12.4. The van der Waals surface area contributed by atoms with Crippen LogP contribution in [0.2, 0.25) is 0 Å². The summed E-state index contributed by atoms with van der Waals surface area (Å²) in [5.41, 5.74) is 0. The Morgan fingerprint density at radius 3 is 2.50 bits per heavy atom. The minimum absolute atomic E-state index is 0.727. The Hall–Kier alpha value is -0.0800. The highest BCUT2D eigenvalue weighted by Crippen LogP contribution is 2.25. The lowest BCUT2D eigenvalue weighted by Gasteiger charge is -2.28. The van der Waals surface area contributed by atoms with Gasteiger partial charge in [-0.2, -0.15) is 0 Å². The van der Waals surface area contributed by atoms with Gasteiger partial charge in [-0.05, 0) is 71.5 Å². The zero-order chi connectivity index (χ0) is 11.4. The third-order valence-corrected chi connectivity index (χ3v) is 4.41. The predicted molar refractivity (Wildman–Crippen MR) is 69.7 cm³/mol. The zero-order valence-electron chi connectivity index (χ0n) is 11.0. The molecule has 1 aliphatic carbocycles. The van der Waals surface area contributed by atoms with Gasteiger partial charge in [-0.25, -0.2) is 0 Å². The molecule has 2 heteroatoms. The van der Waals surface area contributed by atoms with E-state index in [9.17, 15) is 0 Å². The van der Waals surface area contributed by atoms with Gasteiger partial charge in [0.15, 0.2) is 0 Å². The van der Waals surface area contributed by atoms with Crippen molar-refractivity contribution in [2.45, 2.75) is 64.5 Å². The lowest BCUT2D eigenvalue weighted by atomic mass is 9.85. The first-order chi connectivity index (χ1) is 7.75. The van der Waals surface area contributed by atoms with Gasteiger partial charge in [-0.15, -0.1) is 0 Å². The van der Waals surface area contributed by atoms with Crippen LogP contribution in [0.3, 0.4) is 0 Å². The number of hydrogen-bond donors (Lipinski definition) is 1. The van der Waals surface area contributed by atoms with Crippen LogP contribution in [0.25, 0.3) is 0 Å². The lowest BCUT2D eigenvalue weighted by molar-refractivity contribution is 0.227. The van der Waals surface area contributed by atoms with Crippen LogP contribution >= 0.6 is 0 Å². The van der Waals surface area contributed by atoms with Crippen molar-refractivity contribution in [3.05, 3.63) is 0 Å². The van der Waals surface area contributed by atoms with Crippen molar-refractivity contribution in [1.82, 2.24) is 10.2 Å². The molecular weight excluding hydrogens is 196 g/mol. The first-order valence-corrected chi connectivity index (χ1v) is 7.23. The van der Waals surface area contributed by atoms with E-state index in [2.05, 4.69) is 24.1 Å². The predicted octanol–water partition coefficient (Wildman–Crippen LogP) is 2.64. The lowest BCUT2D eigenvalue weighted by Crippen LogP contribution is -2.37. The molecule has 1 saturated heterocycles. The average molecular weight is 224 g/mol. The summed E-state index contributed by atoms with van der Waals surface area (Å²) in [6, 6.07) is 1.52. The maximum absolute atomic E-state index is 3.80. The molecule has 16 heavy (non-hydrogen) atoms. The third kappa shape index (κ3) is 3.46. The second-order valence-corrected chi connectivity index (χ2v) is 5.96. The van der Waals surface area contributed by atoms with Crippen LogP contribution in [0.15, 0.2) is 0 Å². The van der Waals surface area contributed by atoms with E-state index in [1.807, 2.05) is 0 Å². The molecule has 1 heterocycles. The van der Waals surface area contributed by atoms with Crippen molar-refractivity contribution in [3.63, 3.8) is 0 Å². The van der Waals surface area contributed by atoms with Crippen LogP contribution in [0.4, 0.5) is 0 Å². The summed E-state index contributed by atoms with van der Waals surface area (Å²) in [5.74, 6) is 1.00. The first-order valence-electron chi connectivity index (χ1n) is 7.23. The molecule has 0 bridgehead atoms. The van der Waals surface area contributed by atoms with E-state index in [0.717, 1.165) is 18.0 Å². The van der Waals surface area contributed by atoms with Gasteiger partial charge in [-0.1, -0.05) is 6.42 Å². The number of hydrogen-bond acceptors (Lipinski definition) is 2. The summed E-state index contributed by atoms with van der Waals surface area (Å²) in [6.45, 7) is 8.52. The zero-order valence-corrected chi connectivity index (χ0v) is 11.0. The minimum atomic E-state index is 0.727. The molecule has 94 valence electrons. The smallest absolute Gasteiger partial charge is 0.00798 e. The SMILES string of the molecule is CC(C)N1CCCC(NCC2CCC2)CC1. The molecule has 2 aliphatic rings. The maximum Gasteiger partial charge on any atom is 0.00798 e. The fourth-order valence-corrected chi connectivity index (χ4v) is 2.87. The molecule has 2 fully saturated rings. The Bertz CT molecular complexity index is 199. The molecule has 2 rings (SSSR count). The molecule has 0 spiro atoms. The molecule has 1 saturated carbocycles. The average Bonchev–Trinajstić information content (AvgIpc) is 2.41. The highest BCUT2D eigenvalue weighted by molar-refractivity contribution is 4.79. The highest BCUT2D eigenvalue weighted by atomic mass is 15.1. The van der Waals surface area contributed by atoms with Gasteiger partial charge in [0.05, 0.1) is 0 Å². The van der Waals surface area contributed by atoms with Crippen molar-refractivity contribution in [1.29, 1.82) is 0 Å². The van der Waals surface area contributed by atoms with Gasteiger partial charge in [0.2, 0.25) is 0 Å². The van der Waals surface area contributed by atoms with Crippen LogP contribution in [0, 0.1) is 5.92 Å². The minimum Gasteiger partial charge on any atom is -0.314 e. The third-order valence-electron chi connectivity index (χ3n) is 4.41. The topological polar surface area (TPSA) is 15.3 Å². The Balaban J connectivity index is 1.66. The summed E-state index contributed by atoms with van der Waals surface area (Å²) in [6.07, 6.45) is 8.52. The van der Waals surface area contributed by atoms with Crippen molar-refractivity contribution >= 4 is 0 Å². The Kier molecular flexibility index (Phi) is 4.66. The second kappa shape index (κ2) is 6.02. The van der Waals surface area contributed by atoms with E-state index in [0.29, 0.717) is 0 Å². The number of nitrogens with one attached hydrogen (secondary N) is 1. The number of likely N-dealkylation sites (tertiary alicyclic amines) is 1. The van der Waals surface area contributed by atoms with E-state index in [1.165, 1.54) is 58.2 Å². The Morgan fingerprint density at radius 2 is 1.88 bits per heavy atom. The second-order valence-electron chi connectivity index (χ2n) is 5.96. The van der Waals surface area contributed by atoms with Crippen LogP contribution in [0.5, 0.6) is 0 Å².